The molecule has 0 spiro atoms. The maximum absolute atomic E-state index is 12.0. The van der Waals surface area contributed by atoms with Gasteiger partial charge in [0.2, 0.25) is 5.91 Å². The number of carbonyl (C=O) groups is 1. The fourth-order valence-corrected chi connectivity index (χ4v) is 2.87. The second-order valence-electron chi connectivity index (χ2n) is 5.47. The van der Waals surface area contributed by atoms with Crippen molar-refractivity contribution in [3.63, 3.8) is 0 Å². The third kappa shape index (κ3) is 2.38. The highest BCUT2D eigenvalue weighted by Gasteiger charge is 2.35. The summed E-state index contributed by atoms with van der Waals surface area (Å²) in [6.45, 7) is 1.27. The quantitative estimate of drug-likeness (QED) is 0.646. The molecule has 2 rings (SSSR count). The van der Waals surface area contributed by atoms with Crippen LogP contribution in [0.5, 0.6) is 0 Å². The summed E-state index contributed by atoms with van der Waals surface area (Å²) in [5, 5.41) is 3.01. The van der Waals surface area contributed by atoms with E-state index in [0.717, 1.165) is 32.1 Å². The topological polar surface area (TPSA) is 81.1 Å². The van der Waals surface area contributed by atoms with Crippen molar-refractivity contribution in [1.82, 2.24) is 5.32 Å². The SMILES string of the molecule is NC[C@H]1CCC[C@H]1C(=O)NCC1(N)CCC1. The first kappa shape index (κ1) is 11.9. The Morgan fingerprint density at radius 1 is 1.31 bits per heavy atom. The van der Waals surface area contributed by atoms with Gasteiger partial charge in [-0.3, -0.25) is 4.79 Å². The molecule has 0 aromatic heterocycles. The van der Waals surface area contributed by atoms with Gasteiger partial charge < -0.3 is 16.8 Å². The minimum absolute atomic E-state index is 0.119. The summed E-state index contributed by atoms with van der Waals surface area (Å²) >= 11 is 0. The van der Waals surface area contributed by atoms with Crippen LogP contribution in [0.4, 0.5) is 0 Å². The number of rotatable bonds is 4. The Morgan fingerprint density at radius 2 is 2.06 bits per heavy atom. The lowest BCUT2D eigenvalue weighted by atomic mass is 9.77. The van der Waals surface area contributed by atoms with E-state index in [4.69, 9.17) is 11.5 Å². The smallest absolute Gasteiger partial charge is 0.223 e. The minimum atomic E-state index is -0.119. The van der Waals surface area contributed by atoms with E-state index < -0.39 is 0 Å². The number of hydrogen-bond donors (Lipinski definition) is 3. The van der Waals surface area contributed by atoms with Gasteiger partial charge in [-0.05, 0) is 44.6 Å². The molecule has 2 fully saturated rings. The normalized spacial score (nSPS) is 32.1. The van der Waals surface area contributed by atoms with E-state index in [1.165, 1.54) is 6.42 Å². The largest absolute Gasteiger partial charge is 0.354 e. The van der Waals surface area contributed by atoms with Crippen LogP contribution < -0.4 is 16.8 Å². The molecule has 0 aromatic carbocycles. The standard InChI is InChI=1S/C12H23N3O/c13-7-9-3-1-4-10(9)11(16)15-8-12(14)5-2-6-12/h9-10H,1-8,13-14H2,(H,15,16)/t9-,10-/m1/s1. The summed E-state index contributed by atoms with van der Waals surface area (Å²) in [7, 11) is 0. The van der Waals surface area contributed by atoms with Crippen molar-refractivity contribution in [3.05, 3.63) is 0 Å². The monoisotopic (exact) mass is 225 g/mol. The van der Waals surface area contributed by atoms with Crippen molar-refractivity contribution in [2.75, 3.05) is 13.1 Å². The molecule has 2 atom stereocenters. The Hall–Kier alpha value is -0.610. The lowest BCUT2D eigenvalue weighted by Gasteiger charge is -2.38. The van der Waals surface area contributed by atoms with Gasteiger partial charge in [-0.2, -0.15) is 0 Å². The van der Waals surface area contributed by atoms with E-state index in [9.17, 15) is 4.79 Å². The molecule has 0 bridgehead atoms. The molecule has 0 heterocycles. The van der Waals surface area contributed by atoms with Crippen molar-refractivity contribution >= 4 is 5.91 Å². The Balaban J connectivity index is 1.78. The maximum atomic E-state index is 12.0. The summed E-state index contributed by atoms with van der Waals surface area (Å²) in [5.41, 5.74) is 11.6. The van der Waals surface area contributed by atoms with Gasteiger partial charge in [0.1, 0.15) is 0 Å². The van der Waals surface area contributed by atoms with Gasteiger partial charge in [-0.25, -0.2) is 0 Å². The second-order valence-corrected chi connectivity index (χ2v) is 5.47. The van der Waals surface area contributed by atoms with Crippen LogP contribution in [0.1, 0.15) is 38.5 Å². The van der Waals surface area contributed by atoms with Crippen LogP contribution in [0.25, 0.3) is 0 Å². The zero-order valence-electron chi connectivity index (χ0n) is 9.87. The molecule has 0 saturated heterocycles. The van der Waals surface area contributed by atoms with E-state index in [0.29, 0.717) is 19.0 Å². The lowest BCUT2D eigenvalue weighted by molar-refractivity contribution is -0.126. The van der Waals surface area contributed by atoms with Crippen LogP contribution in [0, 0.1) is 11.8 Å². The van der Waals surface area contributed by atoms with Gasteiger partial charge >= 0.3 is 0 Å². The highest BCUT2D eigenvalue weighted by Crippen LogP contribution is 2.32. The van der Waals surface area contributed by atoms with Crippen LogP contribution in [-0.2, 0) is 4.79 Å². The molecule has 0 radical (unpaired) electrons. The zero-order chi connectivity index (χ0) is 11.6. The van der Waals surface area contributed by atoms with E-state index in [1.54, 1.807) is 0 Å². The molecule has 2 aliphatic carbocycles. The summed E-state index contributed by atoms with van der Waals surface area (Å²) < 4.78 is 0. The van der Waals surface area contributed by atoms with Crippen molar-refractivity contribution < 1.29 is 4.79 Å². The highest BCUT2D eigenvalue weighted by molar-refractivity contribution is 5.79. The average molecular weight is 225 g/mol. The molecular weight excluding hydrogens is 202 g/mol. The van der Waals surface area contributed by atoms with E-state index in [1.807, 2.05) is 0 Å². The van der Waals surface area contributed by atoms with Gasteiger partial charge in [-0.1, -0.05) is 6.42 Å². The van der Waals surface area contributed by atoms with Crippen LogP contribution in [0.15, 0.2) is 0 Å². The third-order valence-corrected chi connectivity index (χ3v) is 4.26. The second kappa shape index (κ2) is 4.72. The average Bonchev–Trinajstić information content (AvgIpc) is 2.71. The Bertz CT molecular complexity index is 263. The van der Waals surface area contributed by atoms with Crippen LogP contribution >= 0.6 is 0 Å². The van der Waals surface area contributed by atoms with Gasteiger partial charge in [0.05, 0.1) is 0 Å². The molecule has 1 amide bonds. The van der Waals surface area contributed by atoms with E-state index in [-0.39, 0.29) is 17.4 Å². The predicted octanol–water partition coefficient (Wildman–Crippen LogP) is 0.359. The molecule has 0 aromatic rings. The Kier molecular flexibility index (Phi) is 3.50. The molecule has 4 heteroatoms. The van der Waals surface area contributed by atoms with Crippen LogP contribution in [0.2, 0.25) is 0 Å². The van der Waals surface area contributed by atoms with Crippen molar-refractivity contribution in [3.8, 4) is 0 Å². The Morgan fingerprint density at radius 3 is 2.62 bits per heavy atom. The minimum Gasteiger partial charge on any atom is -0.354 e. The molecule has 16 heavy (non-hydrogen) atoms. The highest BCUT2D eigenvalue weighted by atomic mass is 16.1. The van der Waals surface area contributed by atoms with Crippen LogP contribution in [-0.4, -0.2) is 24.5 Å². The number of hydrogen-bond acceptors (Lipinski definition) is 3. The first-order chi connectivity index (χ1) is 7.64. The van der Waals surface area contributed by atoms with Crippen LogP contribution in [0.3, 0.4) is 0 Å². The van der Waals surface area contributed by atoms with Gasteiger partial charge in [0.15, 0.2) is 0 Å². The molecule has 2 aliphatic rings. The molecule has 5 N–H and O–H groups in total. The third-order valence-electron chi connectivity index (χ3n) is 4.26. The summed E-state index contributed by atoms with van der Waals surface area (Å²) in [4.78, 5) is 12.0. The molecular formula is C12H23N3O. The Labute approximate surface area is 97.1 Å². The molecule has 0 aliphatic heterocycles. The summed E-state index contributed by atoms with van der Waals surface area (Å²) in [6, 6.07) is 0. The first-order valence-electron chi connectivity index (χ1n) is 6.41. The zero-order valence-corrected chi connectivity index (χ0v) is 9.87. The summed E-state index contributed by atoms with van der Waals surface area (Å²) in [6.07, 6.45) is 6.50. The predicted molar refractivity (Wildman–Crippen MR) is 63.7 cm³/mol. The van der Waals surface area contributed by atoms with E-state index in [2.05, 4.69) is 5.32 Å². The van der Waals surface area contributed by atoms with Gasteiger partial charge in [0.25, 0.3) is 0 Å². The molecule has 0 unspecified atom stereocenters. The number of carbonyl (C=O) groups excluding carboxylic acids is 1. The van der Waals surface area contributed by atoms with Crippen molar-refractivity contribution in [2.45, 2.75) is 44.1 Å². The van der Waals surface area contributed by atoms with E-state index >= 15 is 0 Å². The lowest BCUT2D eigenvalue weighted by Crippen LogP contribution is -2.55. The van der Waals surface area contributed by atoms with Gasteiger partial charge in [0, 0.05) is 18.0 Å². The maximum Gasteiger partial charge on any atom is 0.223 e. The van der Waals surface area contributed by atoms with Crippen molar-refractivity contribution in [1.29, 1.82) is 0 Å². The molecule has 92 valence electrons. The molecule has 4 nitrogen and oxygen atoms in total. The summed E-state index contributed by atoms with van der Waals surface area (Å²) in [5.74, 6) is 0.688. The van der Waals surface area contributed by atoms with Crippen molar-refractivity contribution in [2.24, 2.45) is 23.3 Å². The number of nitrogens with one attached hydrogen (secondary N) is 1. The number of amides is 1. The fraction of sp³-hybridized carbons (Fsp3) is 0.917. The van der Waals surface area contributed by atoms with Gasteiger partial charge in [-0.15, -0.1) is 0 Å². The number of nitrogens with two attached hydrogens (primary N) is 2. The molecule has 2 saturated carbocycles. The first-order valence-corrected chi connectivity index (χ1v) is 6.41. The fourth-order valence-electron chi connectivity index (χ4n) is 2.87.